The summed E-state index contributed by atoms with van der Waals surface area (Å²) in [6.07, 6.45) is 8.25. The number of benzene rings is 1. The summed E-state index contributed by atoms with van der Waals surface area (Å²) in [4.78, 5) is 60.9. The van der Waals surface area contributed by atoms with E-state index in [4.69, 9.17) is 9.47 Å². The Hall–Kier alpha value is -0.120. The van der Waals surface area contributed by atoms with Crippen LogP contribution in [0.15, 0.2) is 35.5 Å². The van der Waals surface area contributed by atoms with Crippen molar-refractivity contribution in [3.63, 3.8) is 0 Å². The van der Waals surface area contributed by atoms with E-state index < -0.39 is 24.3 Å². The van der Waals surface area contributed by atoms with Gasteiger partial charge >= 0.3 is 122 Å². The second kappa shape index (κ2) is 28.6. The maximum atomic E-state index is 12.9. The Morgan fingerprint density at radius 3 is 2.28 bits per heavy atom. The van der Waals surface area contributed by atoms with Gasteiger partial charge in [-0.2, -0.15) is 0 Å². The SMILES string of the molecule is CCCC(CCCCNC(=O)OCCCOCC[N-]C(=O)CC(=O)[N-]c1ccc(C(=O)C2=C(NC)CCCC2)cc1)C(=O)CC.[Rb+].[Rb+]. The van der Waals surface area contributed by atoms with Gasteiger partial charge in [0.05, 0.1) is 18.4 Å². The van der Waals surface area contributed by atoms with Gasteiger partial charge in [-0.3, -0.25) is 9.59 Å². The number of Topliss-reactive ketones (excluding diaryl/α,β-unsaturated/α-hetero) is 2. The molecule has 1 aromatic carbocycles. The average Bonchev–Trinajstić information content (AvgIpc) is 3.04. The Kier molecular flexibility index (Phi) is 28.5. The maximum absolute atomic E-state index is 12.9. The topological polar surface area (TPSA) is 156 Å². The van der Waals surface area contributed by atoms with Crippen LogP contribution in [0, 0.1) is 5.92 Å². The van der Waals surface area contributed by atoms with E-state index in [-0.39, 0.29) is 148 Å². The Morgan fingerprint density at radius 2 is 1.60 bits per heavy atom. The second-order valence-corrected chi connectivity index (χ2v) is 11.1. The molecule has 11 nitrogen and oxygen atoms in total. The fourth-order valence-corrected chi connectivity index (χ4v) is 5.19. The molecule has 0 aliphatic heterocycles. The number of alkyl carbamates (subject to hydrolysis) is 1. The summed E-state index contributed by atoms with van der Waals surface area (Å²) in [5.74, 6) is -0.773. The quantitative estimate of drug-likeness (QED) is 0.0975. The van der Waals surface area contributed by atoms with Crippen molar-refractivity contribution in [2.75, 3.05) is 40.0 Å². The Labute approximate surface area is 378 Å². The monoisotopic (exact) mass is 796 g/mol. The van der Waals surface area contributed by atoms with Gasteiger partial charge in [-0.1, -0.05) is 51.0 Å². The van der Waals surface area contributed by atoms with Crippen LogP contribution in [0.4, 0.5) is 10.5 Å². The minimum atomic E-state index is -0.612. The standard InChI is InChI=1S/C34H52N4O7.2Rb/c1-4-11-25(30(39)5-2)12-8-9-19-37-34(43)45-22-10-21-44-23-20-36-31(40)24-32(41)38-27-17-15-26(16-18-27)33(42)28-13-6-7-14-29(28)35-3;;/h15-18,25H,4-14,19-24H2,1-3H3,(H4,35,36,37,38,40,41,42,43);;/q;2*+1/p-2. The maximum Gasteiger partial charge on any atom is 1.00 e. The van der Waals surface area contributed by atoms with Crippen molar-refractivity contribution in [3.05, 3.63) is 51.7 Å². The third-order valence-electron chi connectivity index (χ3n) is 7.61. The normalized spacial score (nSPS) is 12.9. The van der Waals surface area contributed by atoms with Crippen LogP contribution in [-0.2, 0) is 23.9 Å². The van der Waals surface area contributed by atoms with E-state index in [0.29, 0.717) is 43.0 Å². The third-order valence-corrected chi connectivity index (χ3v) is 7.61. The van der Waals surface area contributed by atoms with E-state index >= 15 is 0 Å². The summed E-state index contributed by atoms with van der Waals surface area (Å²) in [6.45, 7) is 5.33. The molecule has 0 bridgehead atoms. The van der Waals surface area contributed by atoms with Gasteiger partial charge in [-0.25, -0.2) is 4.79 Å². The number of ketones is 2. The summed E-state index contributed by atoms with van der Waals surface area (Å²) < 4.78 is 10.5. The summed E-state index contributed by atoms with van der Waals surface area (Å²) in [7, 11) is 1.83. The zero-order valence-corrected chi connectivity index (χ0v) is 39.0. The molecule has 0 saturated heterocycles. The molecule has 0 radical (unpaired) electrons. The molecule has 1 aliphatic rings. The number of carbonyl (C=O) groups excluding carboxylic acids is 5. The predicted molar refractivity (Wildman–Crippen MR) is 174 cm³/mol. The zero-order valence-electron chi connectivity index (χ0n) is 29.2. The number of ether oxygens (including phenoxy) is 2. The van der Waals surface area contributed by atoms with Gasteiger partial charge in [0.2, 0.25) is 0 Å². The van der Waals surface area contributed by atoms with Crippen molar-refractivity contribution in [3.8, 4) is 0 Å². The number of hydrogen-bond acceptors (Lipinski definition) is 8. The summed E-state index contributed by atoms with van der Waals surface area (Å²) >= 11 is 0. The summed E-state index contributed by atoms with van der Waals surface area (Å²) in [6, 6.07) is 6.48. The first-order valence-corrected chi connectivity index (χ1v) is 16.3. The molecule has 1 unspecified atom stereocenters. The van der Waals surface area contributed by atoms with Crippen LogP contribution in [-0.4, -0.2) is 69.4 Å². The molecule has 0 fully saturated rings. The molecule has 2 rings (SSSR count). The van der Waals surface area contributed by atoms with Gasteiger partial charge < -0.3 is 40.3 Å². The Bertz CT molecular complexity index is 1150. The van der Waals surface area contributed by atoms with Gasteiger partial charge in [-0.05, 0) is 44.9 Å². The number of nitrogens with one attached hydrogen (secondary N) is 2. The molecule has 1 aromatic rings. The summed E-state index contributed by atoms with van der Waals surface area (Å²) in [5.41, 5.74) is 2.70. The fraction of sp³-hybridized carbons (Fsp3) is 0.618. The first-order chi connectivity index (χ1) is 21.8. The average molecular weight is 798 g/mol. The van der Waals surface area contributed by atoms with E-state index in [1.54, 1.807) is 24.3 Å². The number of allylic oxidation sites excluding steroid dienone is 2. The van der Waals surface area contributed by atoms with Gasteiger partial charge in [0.1, 0.15) is 5.78 Å². The number of unbranched alkanes of at least 4 members (excludes halogenated alkanes) is 1. The number of nitrogens with zero attached hydrogens (tertiary/aromatic N) is 2. The van der Waals surface area contributed by atoms with E-state index in [0.717, 1.165) is 69.1 Å². The van der Waals surface area contributed by atoms with Crippen LogP contribution in [0.25, 0.3) is 10.6 Å². The molecular weight excluding hydrogens is 747 g/mol. The number of carbonyl (C=O) groups is 5. The molecule has 47 heavy (non-hydrogen) atoms. The van der Waals surface area contributed by atoms with Crippen LogP contribution in [0.3, 0.4) is 0 Å². The fourth-order valence-electron chi connectivity index (χ4n) is 5.19. The Balaban J connectivity index is 0.0000106. The van der Waals surface area contributed by atoms with E-state index in [1.807, 2.05) is 14.0 Å². The van der Waals surface area contributed by atoms with Gasteiger partial charge in [0, 0.05) is 68.8 Å². The van der Waals surface area contributed by atoms with Crippen LogP contribution < -0.4 is 127 Å². The molecular formula is C34H50N4O7Rb2. The van der Waals surface area contributed by atoms with Crippen molar-refractivity contribution < 1.29 is 150 Å². The zero-order chi connectivity index (χ0) is 32.9. The van der Waals surface area contributed by atoms with Gasteiger partial charge in [0.25, 0.3) is 0 Å². The molecule has 1 atom stereocenters. The van der Waals surface area contributed by atoms with E-state index in [2.05, 4.69) is 28.2 Å². The van der Waals surface area contributed by atoms with E-state index in [1.165, 1.54) is 0 Å². The molecule has 0 saturated carbocycles. The van der Waals surface area contributed by atoms with Gasteiger partial charge in [0.15, 0.2) is 5.78 Å². The first kappa shape index (κ1) is 46.9. The third kappa shape index (κ3) is 19.8. The molecule has 13 heteroatoms. The predicted octanol–water partition coefficient (Wildman–Crippen LogP) is 0.446. The minimum absolute atomic E-state index is 0. The summed E-state index contributed by atoms with van der Waals surface area (Å²) in [5, 5.41) is 13.6. The minimum Gasteiger partial charge on any atom is -0.651 e. The van der Waals surface area contributed by atoms with Crippen molar-refractivity contribution in [2.24, 2.45) is 5.92 Å². The molecule has 250 valence electrons. The molecule has 2 N–H and O–H groups in total. The van der Waals surface area contributed by atoms with Crippen LogP contribution >= 0.6 is 0 Å². The molecule has 1 aliphatic carbocycles. The van der Waals surface area contributed by atoms with Crippen molar-refractivity contribution in [1.29, 1.82) is 0 Å². The van der Waals surface area contributed by atoms with Crippen molar-refractivity contribution in [2.45, 2.75) is 90.9 Å². The largest absolute Gasteiger partial charge is 1.00 e. The second-order valence-electron chi connectivity index (χ2n) is 11.1. The van der Waals surface area contributed by atoms with Crippen LogP contribution in [0.1, 0.15) is 101 Å². The molecule has 3 amide bonds. The number of amides is 3. The molecule has 0 aromatic heterocycles. The smallest absolute Gasteiger partial charge is 0.651 e. The van der Waals surface area contributed by atoms with Crippen molar-refractivity contribution in [1.82, 2.24) is 10.6 Å². The van der Waals surface area contributed by atoms with Crippen molar-refractivity contribution >= 4 is 35.2 Å². The molecule has 0 heterocycles. The van der Waals surface area contributed by atoms with Crippen LogP contribution in [0.2, 0.25) is 0 Å². The molecule has 0 spiro atoms. The Morgan fingerprint density at radius 1 is 0.872 bits per heavy atom. The number of rotatable bonds is 22. The van der Waals surface area contributed by atoms with E-state index in [9.17, 15) is 24.0 Å². The van der Waals surface area contributed by atoms with Crippen LogP contribution in [0.5, 0.6) is 0 Å². The number of hydrogen-bond donors (Lipinski definition) is 2. The van der Waals surface area contributed by atoms with Gasteiger partial charge in [-0.15, -0.1) is 12.2 Å². The first-order valence-electron chi connectivity index (χ1n) is 16.3.